The lowest BCUT2D eigenvalue weighted by Crippen LogP contribution is -2.01. The highest BCUT2D eigenvalue weighted by Crippen LogP contribution is 2.46. The first-order valence-corrected chi connectivity index (χ1v) is 15.7. The number of imidazole rings is 1. The summed E-state index contributed by atoms with van der Waals surface area (Å²) in [6, 6.07) is 50.1. The monoisotopic (exact) mass is 603 g/mol. The molecule has 0 aliphatic rings. The molecule has 0 atom stereocenters. The highest BCUT2D eigenvalue weighted by molar-refractivity contribution is 6.22. The fourth-order valence-electron chi connectivity index (χ4n) is 6.87. The standard InChI is InChI=1S/C45H30N2/c1-3-15-31(16-4-1)32-27-29-33(30-28-32)43-35-19-7-9-21-37(35)44(38-22-10-8-20-36(38)43)39-23-11-13-25-41(39)47-42-26-14-12-24-40(42)46-45(47)34-17-5-2-6-18-34/h1-30H/i2D,5D,6D,17D,18D. The number of benzene rings is 8. The maximum absolute atomic E-state index is 8.88. The average molecular weight is 604 g/mol. The van der Waals surface area contributed by atoms with Gasteiger partial charge in [0.15, 0.2) is 0 Å². The van der Waals surface area contributed by atoms with Gasteiger partial charge >= 0.3 is 0 Å². The van der Waals surface area contributed by atoms with Gasteiger partial charge in [-0.25, -0.2) is 4.98 Å². The van der Waals surface area contributed by atoms with Gasteiger partial charge < -0.3 is 0 Å². The average Bonchev–Trinajstić information content (AvgIpc) is 3.57. The third-order valence-electron chi connectivity index (χ3n) is 8.91. The van der Waals surface area contributed by atoms with E-state index in [1.165, 1.54) is 5.56 Å². The number of rotatable bonds is 5. The molecule has 220 valence electrons. The Hall–Kier alpha value is -6.25. The molecule has 0 aliphatic carbocycles. The van der Waals surface area contributed by atoms with E-state index in [1.807, 2.05) is 53.1 Å². The molecule has 1 aromatic heterocycles. The summed E-state index contributed by atoms with van der Waals surface area (Å²) in [4.78, 5) is 4.93. The lowest BCUT2D eigenvalue weighted by Gasteiger charge is -2.21. The highest BCUT2D eigenvalue weighted by atomic mass is 15.1. The molecule has 8 aromatic carbocycles. The van der Waals surface area contributed by atoms with Crippen LogP contribution >= 0.6 is 0 Å². The van der Waals surface area contributed by atoms with Gasteiger partial charge in [-0.3, -0.25) is 4.57 Å². The fraction of sp³-hybridized carbons (Fsp3) is 0. The van der Waals surface area contributed by atoms with Crippen LogP contribution in [-0.4, -0.2) is 9.55 Å². The van der Waals surface area contributed by atoms with Crippen molar-refractivity contribution in [3.8, 4) is 50.5 Å². The van der Waals surface area contributed by atoms with Crippen LogP contribution in [0.5, 0.6) is 0 Å². The maximum Gasteiger partial charge on any atom is 0.145 e. The second kappa shape index (κ2) is 11.3. The third-order valence-corrected chi connectivity index (χ3v) is 8.91. The molecule has 0 saturated heterocycles. The summed E-state index contributed by atoms with van der Waals surface area (Å²) in [5.74, 6) is 0.286. The minimum atomic E-state index is -0.436. The SMILES string of the molecule is [2H]c1c([2H])c([2H])c(-c2nc3ccccc3n2-c2ccccc2-c2c3ccccc3c(-c3ccc(-c4ccccc4)cc3)c3ccccc23)c([2H])c1[2H]. The van der Waals surface area contributed by atoms with Crippen molar-refractivity contribution in [2.45, 2.75) is 0 Å². The Morgan fingerprint density at radius 1 is 0.426 bits per heavy atom. The van der Waals surface area contributed by atoms with E-state index in [9.17, 15) is 0 Å². The first-order chi connectivity index (χ1) is 25.4. The third kappa shape index (κ3) is 4.54. The minimum absolute atomic E-state index is 0.0565. The largest absolute Gasteiger partial charge is 0.292 e. The van der Waals surface area contributed by atoms with Crippen molar-refractivity contribution in [1.29, 1.82) is 0 Å². The van der Waals surface area contributed by atoms with Crippen molar-refractivity contribution in [2.75, 3.05) is 0 Å². The van der Waals surface area contributed by atoms with Crippen molar-refractivity contribution in [3.05, 3.63) is 182 Å². The van der Waals surface area contributed by atoms with E-state index < -0.39 is 18.1 Å². The molecule has 2 nitrogen and oxygen atoms in total. The maximum atomic E-state index is 8.88. The highest BCUT2D eigenvalue weighted by Gasteiger charge is 2.21. The molecule has 0 unspecified atom stereocenters. The summed E-state index contributed by atoms with van der Waals surface area (Å²) in [5.41, 5.74) is 8.83. The van der Waals surface area contributed by atoms with Crippen LogP contribution in [0.15, 0.2) is 182 Å². The van der Waals surface area contributed by atoms with E-state index in [-0.39, 0.29) is 23.5 Å². The van der Waals surface area contributed by atoms with E-state index in [2.05, 4.69) is 103 Å². The summed E-state index contributed by atoms with van der Waals surface area (Å²) in [6.45, 7) is 0. The van der Waals surface area contributed by atoms with Gasteiger partial charge in [0.1, 0.15) is 5.82 Å². The topological polar surface area (TPSA) is 17.8 Å². The van der Waals surface area contributed by atoms with Crippen LogP contribution in [0.25, 0.3) is 83.0 Å². The zero-order chi connectivity index (χ0) is 35.5. The van der Waals surface area contributed by atoms with Crippen molar-refractivity contribution < 1.29 is 6.85 Å². The molecule has 0 bridgehead atoms. The Balaban J connectivity index is 1.34. The Kier molecular flexibility index (Phi) is 5.35. The smallest absolute Gasteiger partial charge is 0.145 e. The number of hydrogen-bond acceptors (Lipinski definition) is 1. The Bertz CT molecular complexity index is 2760. The number of aromatic nitrogens is 2. The molecule has 0 amide bonds. The van der Waals surface area contributed by atoms with E-state index in [1.54, 1.807) is 0 Å². The Morgan fingerprint density at radius 3 is 1.66 bits per heavy atom. The molecule has 47 heavy (non-hydrogen) atoms. The quantitative estimate of drug-likeness (QED) is 0.179. The van der Waals surface area contributed by atoms with E-state index in [0.29, 0.717) is 5.52 Å². The number of para-hydroxylation sites is 3. The molecule has 0 spiro atoms. The summed E-state index contributed by atoms with van der Waals surface area (Å²) >= 11 is 0. The number of hydrogen-bond donors (Lipinski definition) is 0. The second-order valence-corrected chi connectivity index (χ2v) is 11.6. The molecule has 9 aromatic rings. The van der Waals surface area contributed by atoms with E-state index >= 15 is 0 Å². The molecule has 9 rings (SSSR count). The molecular formula is C45H30N2. The van der Waals surface area contributed by atoms with Gasteiger partial charge in [-0.05, 0) is 67.6 Å². The first-order valence-electron chi connectivity index (χ1n) is 18.2. The number of fused-ring (bicyclic) bond motifs is 3. The first kappa shape index (κ1) is 22.3. The van der Waals surface area contributed by atoms with Crippen LogP contribution < -0.4 is 0 Å². The predicted octanol–water partition coefficient (Wildman–Crippen LogP) is 12.0. The fourth-order valence-corrected chi connectivity index (χ4v) is 6.87. The van der Waals surface area contributed by atoms with Gasteiger partial charge in [0, 0.05) is 11.1 Å². The lowest BCUT2D eigenvalue weighted by molar-refractivity contribution is 1.10. The zero-order valence-corrected chi connectivity index (χ0v) is 25.3. The summed E-state index contributed by atoms with van der Waals surface area (Å²) in [6.07, 6.45) is 0. The Morgan fingerprint density at radius 2 is 0.957 bits per heavy atom. The summed E-state index contributed by atoms with van der Waals surface area (Å²) in [5, 5.41) is 4.37. The molecule has 0 radical (unpaired) electrons. The van der Waals surface area contributed by atoms with Crippen LogP contribution in [0.2, 0.25) is 0 Å². The van der Waals surface area contributed by atoms with Crippen molar-refractivity contribution in [1.82, 2.24) is 9.55 Å². The van der Waals surface area contributed by atoms with Gasteiger partial charge in [0.2, 0.25) is 0 Å². The molecule has 0 saturated carbocycles. The van der Waals surface area contributed by atoms with Crippen LogP contribution in [-0.2, 0) is 0 Å². The summed E-state index contributed by atoms with van der Waals surface area (Å²) < 4.78 is 44.8. The molecular weight excluding hydrogens is 569 g/mol. The van der Waals surface area contributed by atoms with Crippen molar-refractivity contribution >= 4 is 32.6 Å². The van der Waals surface area contributed by atoms with Gasteiger partial charge in [-0.2, -0.15) is 0 Å². The van der Waals surface area contributed by atoms with Crippen LogP contribution in [0.1, 0.15) is 6.85 Å². The molecule has 1 heterocycles. The van der Waals surface area contributed by atoms with Gasteiger partial charge in [0.05, 0.1) is 23.6 Å². The minimum Gasteiger partial charge on any atom is -0.292 e. The number of nitrogens with zero attached hydrogens (tertiary/aromatic N) is 2. The van der Waals surface area contributed by atoms with Gasteiger partial charge in [-0.15, -0.1) is 0 Å². The van der Waals surface area contributed by atoms with Gasteiger partial charge in [-0.1, -0.05) is 164 Å². The predicted molar refractivity (Wildman–Crippen MR) is 198 cm³/mol. The lowest BCUT2D eigenvalue weighted by atomic mass is 9.85. The van der Waals surface area contributed by atoms with Gasteiger partial charge in [0.25, 0.3) is 0 Å². The second-order valence-electron chi connectivity index (χ2n) is 11.6. The zero-order valence-electron chi connectivity index (χ0n) is 30.3. The van der Waals surface area contributed by atoms with Crippen LogP contribution in [0, 0.1) is 0 Å². The Labute approximate surface area is 280 Å². The summed E-state index contributed by atoms with van der Waals surface area (Å²) in [7, 11) is 0. The van der Waals surface area contributed by atoms with Crippen LogP contribution in [0.3, 0.4) is 0 Å². The van der Waals surface area contributed by atoms with Crippen molar-refractivity contribution in [3.63, 3.8) is 0 Å². The normalized spacial score (nSPS) is 12.9. The molecule has 2 heteroatoms. The molecule has 0 aliphatic heterocycles. The van der Waals surface area contributed by atoms with E-state index in [4.69, 9.17) is 11.8 Å². The van der Waals surface area contributed by atoms with Crippen LogP contribution in [0.4, 0.5) is 0 Å². The molecule has 0 N–H and O–H groups in total. The van der Waals surface area contributed by atoms with E-state index in [0.717, 1.165) is 60.6 Å². The van der Waals surface area contributed by atoms with Crippen molar-refractivity contribution in [2.24, 2.45) is 0 Å². The molecule has 0 fully saturated rings.